The second-order valence-electron chi connectivity index (χ2n) is 16.7. The Balaban J connectivity index is 1.47. The quantitative estimate of drug-likeness (QED) is 0.232. The Morgan fingerprint density at radius 1 is 1.00 bits per heavy atom. The summed E-state index contributed by atoms with van der Waals surface area (Å²) in [6, 6.07) is 4.29. The number of aliphatic hydroxyl groups excluding tert-OH is 1. The number of carbonyl (C=O) groups excluding carboxylic acids is 4. The topological polar surface area (TPSA) is 185 Å². The zero-order chi connectivity index (χ0) is 42.7. The molecule has 0 bridgehead atoms. The van der Waals surface area contributed by atoms with Crippen molar-refractivity contribution < 1.29 is 48.0 Å². The molecule has 58 heavy (non-hydrogen) atoms. The van der Waals surface area contributed by atoms with Gasteiger partial charge in [-0.3, -0.25) is 24.3 Å². The molecule has 318 valence electrons. The van der Waals surface area contributed by atoms with Gasteiger partial charge in [0.1, 0.15) is 36.1 Å². The van der Waals surface area contributed by atoms with Crippen LogP contribution in [-0.4, -0.2) is 140 Å². The van der Waals surface area contributed by atoms with Crippen molar-refractivity contribution in [2.75, 3.05) is 27.7 Å². The van der Waals surface area contributed by atoms with E-state index in [1.54, 1.807) is 58.6 Å². The van der Waals surface area contributed by atoms with Crippen molar-refractivity contribution in [1.29, 1.82) is 0 Å². The molecule has 3 saturated heterocycles. The number of hydrogen-bond acceptors (Lipinski definition) is 14. The number of nitrogens with zero attached hydrogens (tertiary/aromatic N) is 6. The van der Waals surface area contributed by atoms with Gasteiger partial charge in [-0.15, -0.1) is 5.10 Å². The number of ether oxygens (including phenoxy) is 5. The maximum atomic E-state index is 14.7. The Bertz CT molecular complexity index is 1850. The molecule has 2 unspecified atom stereocenters. The highest BCUT2D eigenvalue weighted by molar-refractivity contribution is 6.00. The number of fused-ring (bicyclic) bond motifs is 1. The van der Waals surface area contributed by atoms with E-state index < -0.39 is 83.4 Å². The Hall–Kier alpha value is -4.27. The highest BCUT2D eigenvalue weighted by Gasteiger charge is 2.60. The summed E-state index contributed by atoms with van der Waals surface area (Å²) < 4.78 is 32.6. The molecule has 3 aliphatic heterocycles. The number of Topliss-reactive ketones (excluding diaryl/α,β-unsaturated/α-hetero) is 2. The van der Waals surface area contributed by atoms with E-state index in [1.807, 2.05) is 44.1 Å². The molecule has 2 aromatic heterocycles. The summed E-state index contributed by atoms with van der Waals surface area (Å²) in [6.07, 6.45) is -1.01. The molecular formula is C42H60N6O10. The fourth-order valence-electron chi connectivity index (χ4n) is 8.93. The SMILES string of the molecule is CC[C@H]1OC(=O)[C@H](C)C(=O)[C@H](C)[C@@H](O[C@@H]2O[C@H](C)CC(N(C)C)C2O)[C@](C)(OC)C[C@@H](C)C(=O)[C@H](C)[C@H]2N(CC#CCn3cc(-c4ccccn4)nn3)C(=O)O[C@]12C. The van der Waals surface area contributed by atoms with Crippen molar-refractivity contribution in [2.45, 2.75) is 135 Å². The van der Waals surface area contributed by atoms with Gasteiger partial charge in [-0.25, -0.2) is 9.48 Å². The van der Waals surface area contributed by atoms with Gasteiger partial charge in [-0.2, -0.15) is 0 Å². The zero-order valence-corrected chi connectivity index (χ0v) is 35.6. The number of likely N-dealkylation sites (N-methyl/N-ethyl adjacent to an activating group) is 1. The first-order valence-corrected chi connectivity index (χ1v) is 20.1. The van der Waals surface area contributed by atoms with Gasteiger partial charge in [0.05, 0.1) is 42.3 Å². The van der Waals surface area contributed by atoms with E-state index in [4.69, 9.17) is 23.7 Å². The van der Waals surface area contributed by atoms with Gasteiger partial charge in [-0.05, 0) is 73.2 Å². The second-order valence-corrected chi connectivity index (χ2v) is 16.7. The highest BCUT2D eigenvalue weighted by atomic mass is 16.7. The number of methoxy groups -OCH3 is 1. The average molecular weight is 809 g/mol. The number of pyridine rings is 1. The van der Waals surface area contributed by atoms with E-state index in [1.165, 1.54) is 18.9 Å². The maximum absolute atomic E-state index is 14.7. The van der Waals surface area contributed by atoms with E-state index in [2.05, 4.69) is 27.1 Å². The Kier molecular flexibility index (Phi) is 14.2. The first-order chi connectivity index (χ1) is 27.4. The molecule has 1 N–H and O–H groups in total. The van der Waals surface area contributed by atoms with Gasteiger partial charge >= 0.3 is 12.1 Å². The summed E-state index contributed by atoms with van der Waals surface area (Å²) in [6.45, 7) is 13.8. The fraction of sp³-hybridized carbons (Fsp3) is 0.690. The summed E-state index contributed by atoms with van der Waals surface area (Å²) in [5.41, 5.74) is -1.52. The normalized spacial score (nSPS) is 36.4. The molecule has 0 aromatic carbocycles. The third-order valence-corrected chi connectivity index (χ3v) is 12.2. The number of ketones is 2. The van der Waals surface area contributed by atoms with Crippen LogP contribution in [0.15, 0.2) is 30.6 Å². The number of hydrogen-bond donors (Lipinski definition) is 1. The van der Waals surface area contributed by atoms with Crippen LogP contribution in [0.25, 0.3) is 11.4 Å². The van der Waals surface area contributed by atoms with Crippen LogP contribution in [0.5, 0.6) is 0 Å². The smallest absolute Gasteiger partial charge is 0.411 e. The largest absolute Gasteiger partial charge is 0.458 e. The summed E-state index contributed by atoms with van der Waals surface area (Å²) in [7, 11) is 5.20. The molecule has 1 amide bonds. The Labute approximate surface area is 341 Å². The molecule has 3 fully saturated rings. The standard InChI is InChI=1S/C42H60N6O10/c1-12-32-42(8)36(48(40(53)58-42)20-16-15-19-47-23-30(44-45-47)29-17-13-14-18-43-29)26(4)33(49)24(2)22-41(7,54-11)37(27(5)34(50)28(6)38(52)56-32)57-39-35(51)31(46(9)10)21-25(3)55-39/h13-14,17-18,23-28,31-32,35-37,39,51H,12,19-22H2,1-11H3/t24-,25-,26+,27+,28-,31?,32-,35?,36-,37-,39+,41-,42-/m1/s1. The van der Waals surface area contributed by atoms with Crippen LogP contribution in [0.2, 0.25) is 0 Å². The highest BCUT2D eigenvalue weighted by Crippen LogP contribution is 2.43. The van der Waals surface area contributed by atoms with E-state index >= 15 is 0 Å². The summed E-state index contributed by atoms with van der Waals surface area (Å²) >= 11 is 0. The summed E-state index contributed by atoms with van der Waals surface area (Å²) in [4.78, 5) is 64.3. The number of esters is 1. The third-order valence-electron chi connectivity index (χ3n) is 12.2. The maximum Gasteiger partial charge on any atom is 0.411 e. The van der Waals surface area contributed by atoms with E-state index in [-0.39, 0.29) is 43.9 Å². The molecule has 5 rings (SSSR count). The average Bonchev–Trinajstić information content (AvgIpc) is 3.78. The van der Waals surface area contributed by atoms with Crippen LogP contribution >= 0.6 is 0 Å². The van der Waals surface area contributed by atoms with Gasteiger partial charge in [0.25, 0.3) is 0 Å². The summed E-state index contributed by atoms with van der Waals surface area (Å²) in [5.74, 6) is 0.822. The lowest BCUT2D eigenvalue weighted by atomic mass is 9.73. The van der Waals surface area contributed by atoms with E-state index in [9.17, 15) is 24.3 Å². The van der Waals surface area contributed by atoms with Crippen LogP contribution in [-0.2, 0) is 44.6 Å². The summed E-state index contributed by atoms with van der Waals surface area (Å²) in [5, 5.41) is 19.7. The molecule has 0 spiro atoms. The lowest BCUT2D eigenvalue weighted by Gasteiger charge is -2.47. The van der Waals surface area contributed by atoms with Gasteiger partial charge in [0.15, 0.2) is 17.7 Å². The molecule has 13 atom stereocenters. The number of aromatic nitrogens is 4. The number of carbonyl (C=O) groups is 4. The molecule has 5 heterocycles. The minimum Gasteiger partial charge on any atom is -0.458 e. The predicted octanol–water partition coefficient (Wildman–Crippen LogP) is 3.55. The molecule has 2 aromatic rings. The first kappa shape index (κ1) is 44.8. The molecule has 0 radical (unpaired) electrons. The number of amides is 1. The molecular weight excluding hydrogens is 748 g/mol. The number of rotatable bonds is 8. The van der Waals surface area contributed by atoms with E-state index in [0.29, 0.717) is 17.8 Å². The second kappa shape index (κ2) is 18.3. The predicted molar refractivity (Wildman–Crippen MR) is 211 cm³/mol. The van der Waals surface area contributed by atoms with Crippen molar-refractivity contribution in [3.63, 3.8) is 0 Å². The molecule has 0 aliphatic carbocycles. The minimum atomic E-state index is -1.48. The van der Waals surface area contributed by atoms with Crippen LogP contribution in [0.1, 0.15) is 74.7 Å². The van der Waals surface area contributed by atoms with Crippen LogP contribution in [0.3, 0.4) is 0 Å². The van der Waals surface area contributed by atoms with Gasteiger partial charge in [-0.1, -0.05) is 50.8 Å². The van der Waals surface area contributed by atoms with Crippen molar-refractivity contribution in [3.8, 4) is 23.2 Å². The molecule has 3 aliphatic rings. The van der Waals surface area contributed by atoms with Gasteiger partial charge in [0, 0.05) is 37.1 Å². The Morgan fingerprint density at radius 2 is 1.71 bits per heavy atom. The lowest BCUT2D eigenvalue weighted by Crippen LogP contribution is -2.60. The molecule has 16 heteroatoms. The zero-order valence-electron chi connectivity index (χ0n) is 35.6. The first-order valence-electron chi connectivity index (χ1n) is 20.1. The van der Waals surface area contributed by atoms with Gasteiger partial charge in [0.2, 0.25) is 0 Å². The monoisotopic (exact) mass is 808 g/mol. The lowest BCUT2D eigenvalue weighted by molar-refractivity contribution is -0.295. The van der Waals surface area contributed by atoms with Gasteiger partial charge < -0.3 is 33.7 Å². The Morgan fingerprint density at radius 3 is 2.34 bits per heavy atom. The van der Waals surface area contributed by atoms with Crippen molar-refractivity contribution >= 4 is 23.6 Å². The van der Waals surface area contributed by atoms with Crippen LogP contribution in [0, 0.1) is 35.5 Å². The van der Waals surface area contributed by atoms with E-state index in [0.717, 1.165) is 0 Å². The van der Waals surface area contributed by atoms with Crippen LogP contribution < -0.4 is 0 Å². The fourth-order valence-corrected chi connectivity index (χ4v) is 8.93. The number of aliphatic hydroxyl groups is 1. The van der Waals surface area contributed by atoms with Crippen molar-refractivity contribution in [3.05, 3.63) is 30.6 Å². The van der Waals surface area contributed by atoms with Crippen molar-refractivity contribution in [2.24, 2.45) is 23.7 Å². The van der Waals surface area contributed by atoms with Crippen LogP contribution in [0.4, 0.5) is 4.79 Å². The minimum absolute atomic E-state index is 0.0918. The number of cyclic esters (lactones) is 1. The third kappa shape index (κ3) is 9.13. The van der Waals surface area contributed by atoms with Crippen molar-refractivity contribution in [1.82, 2.24) is 29.8 Å². The molecule has 16 nitrogen and oxygen atoms in total. The molecule has 0 saturated carbocycles.